The summed E-state index contributed by atoms with van der Waals surface area (Å²) in [5.74, 6) is 0. The molecule has 6 nitrogen and oxygen atoms in total. The number of aliphatic hydroxyl groups is 4. The molecule has 112 valence electrons. The van der Waals surface area contributed by atoms with E-state index >= 15 is 0 Å². The summed E-state index contributed by atoms with van der Waals surface area (Å²) in [5, 5.41) is 38.9. The zero-order valence-corrected chi connectivity index (χ0v) is 11.3. The van der Waals surface area contributed by atoms with E-state index in [1.54, 1.807) is 24.3 Å². The predicted octanol–water partition coefficient (Wildman–Crippen LogP) is -0.171. The van der Waals surface area contributed by atoms with Crippen LogP contribution in [0.4, 0.5) is 0 Å². The lowest BCUT2D eigenvalue weighted by atomic mass is 10.0. The van der Waals surface area contributed by atoms with Crippen molar-refractivity contribution < 1.29 is 29.9 Å². The first-order valence-corrected chi connectivity index (χ1v) is 6.58. The molecular formula is C13H17ClO6. The molecule has 0 saturated carbocycles. The fraction of sp³-hybridized carbons (Fsp3) is 0.538. The predicted molar refractivity (Wildman–Crippen MR) is 70.1 cm³/mol. The fourth-order valence-corrected chi connectivity index (χ4v) is 2.19. The van der Waals surface area contributed by atoms with Crippen molar-refractivity contribution >= 4 is 11.6 Å². The Labute approximate surface area is 121 Å². The van der Waals surface area contributed by atoms with Crippen LogP contribution in [-0.2, 0) is 9.47 Å². The molecular weight excluding hydrogens is 288 g/mol. The van der Waals surface area contributed by atoms with E-state index in [0.717, 1.165) is 0 Å². The summed E-state index contributed by atoms with van der Waals surface area (Å²) in [6, 6.07) is 6.73. The van der Waals surface area contributed by atoms with Crippen molar-refractivity contribution in [3.63, 3.8) is 0 Å². The minimum Gasteiger partial charge on any atom is -0.394 e. The Balaban J connectivity index is 2.21. The third kappa shape index (κ3) is 3.48. The molecule has 1 heterocycles. The second kappa shape index (κ2) is 6.82. The van der Waals surface area contributed by atoms with Gasteiger partial charge in [0.05, 0.1) is 13.2 Å². The molecule has 1 aliphatic heterocycles. The van der Waals surface area contributed by atoms with E-state index in [-0.39, 0.29) is 6.61 Å². The summed E-state index contributed by atoms with van der Waals surface area (Å²) in [7, 11) is 0. The van der Waals surface area contributed by atoms with Gasteiger partial charge in [-0.15, -0.1) is 0 Å². The molecule has 20 heavy (non-hydrogen) atoms. The van der Waals surface area contributed by atoms with Crippen LogP contribution in [-0.4, -0.2) is 58.1 Å². The van der Waals surface area contributed by atoms with Crippen LogP contribution >= 0.6 is 11.6 Å². The van der Waals surface area contributed by atoms with E-state index < -0.39 is 37.3 Å². The van der Waals surface area contributed by atoms with E-state index in [4.69, 9.17) is 21.1 Å². The monoisotopic (exact) mass is 304 g/mol. The van der Waals surface area contributed by atoms with Crippen molar-refractivity contribution in [2.45, 2.75) is 30.7 Å². The zero-order valence-electron chi connectivity index (χ0n) is 10.6. The minimum atomic E-state index is -1.45. The van der Waals surface area contributed by atoms with Gasteiger partial charge in [0.15, 0.2) is 6.29 Å². The van der Waals surface area contributed by atoms with Crippen LogP contribution in [0.2, 0.25) is 5.02 Å². The lowest BCUT2D eigenvalue weighted by Gasteiger charge is -2.35. The highest BCUT2D eigenvalue weighted by Crippen LogP contribution is 2.27. The first-order valence-electron chi connectivity index (χ1n) is 6.20. The van der Waals surface area contributed by atoms with Crippen LogP contribution in [0.25, 0.3) is 0 Å². The van der Waals surface area contributed by atoms with E-state index in [1.165, 1.54) is 0 Å². The quantitative estimate of drug-likeness (QED) is 0.605. The zero-order chi connectivity index (χ0) is 14.7. The van der Waals surface area contributed by atoms with Gasteiger partial charge in [0.25, 0.3) is 0 Å². The largest absolute Gasteiger partial charge is 0.394 e. The van der Waals surface area contributed by atoms with Gasteiger partial charge in [-0.3, -0.25) is 0 Å². The first kappa shape index (κ1) is 15.7. The summed E-state index contributed by atoms with van der Waals surface area (Å²) >= 11 is 5.89. The maximum Gasteiger partial charge on any atom is 0.184 e. The molecule has 1 unspecified atom stereocenters. The molecule has 2 rings (SSSR count). The van der Waals surface area contributed by atoms with Gasteiger partial charge in [-0.2, -0.15) is 0 Å². The molecule has 0 aliphatic carbocycles. The van der Waals surface area contributed by atoms with Gasteiger partial charge in [-0.1, -0.05) is 23.7 Å². The Bertz CT molecular complexity index is 443. The number of hydrogen-bond donors (Lipinski definition) is 4. The number of benzene rings is 1. The topological polar surface area (TPSA) is 99.4 Å². The maximum absolute atomic E-state index is 9.86. The summed E-state index contributed by atoms with van der Waals surface area (Å²) in [5.41, 5.74) is 0.590. The molecule has 1 fully saturated rings. The van der Waals surface area contributed by atoms with Crippen LogP contribution in [0, 0.1) is 0 Å². The molecule has 1 saturated heterocycles. The fourth-order valence-electron chi connectivity index (χ4n) is 1.99. The normalized spacial score (nSPS) is 35.4. The summed E-state index contributed by atoms with van der Waals surface area (Å²) in [6.07, 6.45) is -6.12. The molecule has 7 heteroatoms. The van der Waals surface area contributed by atoms with E-state index in [2.05, 4.69) is 0 Å². The third-order valence-corrected chi connectivity index (χ3v) is 3.38. The average Bonchev–Trinajstić information content (AvgIpc) is 2.44. The van der Waals surface area contributed by atoms with Crippen molar-refractivity contribution in [3.8, 4) is 0 Å². The first-order chi connectivity index (χ1) is 9.52. The van der Waals surface area contributed by atoms with Gasteiger partial charge in [0.2, 0.25) is 0 Å². The molecule has 5 atom stereocenters. The Morgan fingerprint density at radius 3 is 2.60 bits per heavy atom. The van der Waals surface area contributed by atoms with Gasteiger partial charge in [-0.05, 0) is 12.1 Å². The molecule has 0 spiro atoms. The summed E-state index contributed by atoms with van der Waals surface area (Å²) < 4.78 is 10.8. The smallest absolute Gasteiger partial charge is 0.184 e. The molecule has 0 bridgehead atoms. The average molecular weight is 305 g/mol. The number of halogens is 1. The number of aliphatic hydroxyl groups excluding tert-OH is 4. The minimum absolute atomic E-state index is 0.215. The Morgan fingerprint density at radius 1 is 1.20 bits per heavy atom. The Hall–Kier alpha value is -0.730. The second-order valence-corrected chi connectivity index (χ2v) is 5.06. The van der Waals surface area contributed by atoms with Crippen molar-refractivity contribution in [1.82, 2.24) is 0 Å². The Morgan fingerprint density at radius 2 is 1.95 bits per heavy atom. The van der Waals surface area contributed by atoms with Crippen molar-refractivity contribution in [2.24, 2.45) is 0 Å². The molecule has 0 amide bonds. The van der Waals surface area contributed by atoms with Gasteiger partial charge < -0.3 is 29.9 Å². The van der Waals surface area contributed by atoms with Crippen LogP contribution in [0.1, 0.15) is 11.9 Å². The van der Waals surface area contributed by atoms with Gasteiger partial charge in [0, 0.05) is 10.6 Å². The van der Waals surface area contributed by atoms with Crippen molar-refractivity contribution in [2.75, 3.05) is 13.2 Å². The van der Waals surface area contributed by atoms with E-state index in [1.807, 2.05) is 0 Å². The summed E-state index contributed by atoms with van der Waals surface area (Å²) in [4.78, 5) is 0. The number of rotatable bonds is 2. The van der Waals surface area contributed by atoms with Gasteiger partial charge >= 0.3 is 0 Å². The van der Waals surface area contributed by atoms with E-state index in [0.29, 0.717) is 10.6 Å². The van der Waals surface area contributed by atoms with Crippen LogP contribution in [0.5, 0.6) is 0 Å². The van der Waals surface area contributed by atoms with Crippen LogP contribution < -0.4 is 0 Å². The molecule has 1 aromatic rings. The summed E-state index contributed by atoms with van der Waals surface area (Å²) in [6.45, 7) is -0.737. The molecule has 1 aliphatic rings. The molecule has 4 N–H and O–H groups in total. The van der Waals surface area contributed by atoms with Gasteiger partial charge in [0.1, 0.15) is 24.4 Å². The highest BCUT2D eigenvalue weighted by atomic mass is 35.5. The third-order valence-electron chi connectivity index (χ3n) is 3.14. The lowest BCUT2D eigenvalue weighted by molar-refractivity contribution is -0.256. The second-order valence-electron chi connectivity index (χ2n) is 4.63. The Kier molecular flexibility index (Phi) is 5.34. The highest BCUT2D eigenvalue weighted by molar-refractivity contribution is 6.30. The number of hydrogen-bond acceptors (Lipinski definition) is 6. The number of ether oxygens (including phenoxy) is 2. The van der Waals surface area contributed by atoms with E-state index in [9.17, 15) is 20.4 Å². The standard InChI is InChI=1S/C13H17ClO6/c14-8-3-1-2-7(4-8)13-19-6-9(16)11(17)12(18)10(5-15)20-13/h1-4,9-13,15-18H,5-6H2/t9-,10+,11-,12-,13?/m0/s1. The molecule has 1 aromatic carbocycles. The maximum atomic E-state index is 9.86. The van der Waals surface area contributed by atoms with Crippen LogP contribution in [0.3, 0.4) is 0 Å². The van der Waals surface area contributed by atoms with Crippen LogP contribution in [0.15, 0.2) is 24.3 Å². The van der Waals surface area contributed by atoms with Gasteiger partial charge in [-0.25, -0.2) is 0 Å². The molecule has 0 radical (unpaired) electrons. The lowest BCUT2D eigenvalue weighted by Crippen LogP contribution is -2.51. The molecule has 0 aromatic heterocycles. The van der Waals surface area contributed by atoms with Crippen molar-refractivity contribution in [1.29, 1.82) is 0 Å². The SMILES string of the molecule is OC[C@H]1OC(c2cccc(Cl)c2)OC[C@H](O)[C@H](O)[C@H]1O. The highest BCUT2D eigenvalue weighted by Gasteiger charge is 2.36. The van der Waals surface area contributed by atoms with Crippen molar-refractivity contribution in [3.05, 3.63) is 34.9 Å².